The molecule has 0 bridgehead atoms. The minimum absolute atomic E-state index is 0.0232. The number of nitrogens with one attached hydrogen (secondary N) is 1. The van der Waals surface area contributed by atoms with Crippen LogP contribution in [0, 0.1) is 6.92 Å². The molecule has 5 nitrogen and oxygen atoms in total. The number of benzene rings is 1. The third-order valence-electron chi connectivity index (χ3n) is 1.95. The third kappa shape index (κ3) is 3.13. The molecule has 0 aromatic heterocycles. The topological polar surface area (TPSA) is 83.5 Å². The van der Waals surface area contributed by atoms with Crippen molar-refractivity contribution < 1.29 is 27.1 Å². The van der Waals surface area contributed by atoms with E-state index in [2.05, 4.69) is 0 Å². The summed E-state index contributed by atoms with van der Waals surface area (Å²) in [5.74, 6) is -4.72. The molecule has 2 N–H and O–H groups in total. The first-order valence-electron chi connectivity index (χ1n) is 4.38. The van der Waals surface area contributed by atoms with E-state index in [1.54, 1.807) is 4.72 Å². The van der Waals surface area contributed by atoms with E-state index < -0.39 is 21.8 Å². The predicted octanol–water partition coefficient (Wildman–Crippen LogP) is 1.66. The molecule has 17 heavy (non-hydrogen) atoms. The van der Waals surface area contributed by atoms with E-state index in [-0.39, 0.29) is 16.8 Å². The summed E-state index contributed by atoms with van der Waals surface area (Å²) in [5.41, 5.74) is 0.143. The number of hydrogen-bond donors (Lipinski definition) is 2. The highest BCUT2D eigenvalue weighted by molar-refractivity contribution is 7.93. The van der Waals surface area contributed by atoms with Crippen molar-refractivity contribution in [1.29, 1.82) is 0 Å². The molecule has 0 spiro atoms. The molecule has 0 radical (unpaired) electrons. The molecule has 1 aromatic carbocycles. The van der Waals surface area contributed by atoms with E-state index in [1.807, 2.05) is 0 Å². The van der Waals surface area contributed by atoms with Gasteiger partial charge in [0.15, 0.2) is 0 Å². The molecule has 0 unspecified atom stereocenters. The molecule has 0 aliphatic carbocycles. The lowest BCUT2D eigenvalue weighted by Gasteiger charge is -2.08. The number of halogens is 2. The molecule has 0 heterocycles. The van der Waals surface area contributed by atoms with Crippen LogP contribution in [-0.2, 0) is 10.0 Å². The highest BCUT2D eigenvalue weighted by Gasteiger charge is 2.23. The maximum atomic E-state index is 12.1. The van der Waals surface area contributed by atoms with E-state index in [0.717, 1.165) is 12.1 Å². The van der Waals surface area contributed by atoms with Crippen molar-refractivity contribution in [2.75, 3.05) is 4.72 Å². The summed E-state index contributed by atoms with van der Waals surface area (Å²) in [7, 11) is -4.73. The van der Waals surface area contributed by atoms with Gasteiger partial charge in [0.1, 0.15) is 0 Å². The van der Waals surface area contributed by atoms with E-state index in [9.17, 15) is 22.0 Å². The Bertz CT molecular complexity index is 542. The lowest BCUT2D eigenvalue weighted by Crippen LogP contribution is -2.20. The fourth-order valence-corrected chi connectivity index (χ4v) is 1.72. The summed E-state index contributed by atoms with van der Waals surface area (Å²) in [6.45, 7) is 1.43. The van der Waals surface area contributed by atoms with E-state index >= 15 is 0 Å². The number of aryl methyl sites for hydroxylation is 1. The number of carbonyl (C=O) groups is 1. The van der Waals surface area contributed by atoms with Crippen LogP contribution in [0.3, 0.4) is 0 Å². The molecular weight excluding hydrogens is 256 g/mol. The zero-order chi connectivity index (χ0) is 13.2. The Hall–Kier alpha value is -1.70. The van der Waals surface area contributed by atoms with Crippen molar-refractivity contribution in [3.63, 3.8) is 0 Å². The SMILES string of the molecule is Cc1cc(NS(=O)(=O)C(F)F)ccc1C(=O)O. The summed E-state index contributed by atoms with van der Waals surface area (Å²) in [6, 6.07) is 3.42. The number of rotatable bonds is 4. The summed E-state index contributed by atoms with van der Waals surface area (Å²) >= 11 is 0. The number of aromatic carboxylic acids is 1. The van der Waals surface area contributed by atoms with Crippen molar-refractivity contribution in [1.82, 2.24) is 0 Å². The lowest BCUT2D eigenvalue weighted by molar-refractivity contribution is 0.0696. The van der Waals surface area contributed by atoms with E-state index in [1.165, 1.54) is 13.0 Å². The van der Waals surface area contributed by atoms with Gasteiger partial charge in [-0.3, -0.25) is 4.72 Å². The van der Waals surface area contributed by atoms with Crippen LogP contribution in [-0.4, -0.2) is 25.3 Å². The molecule has 8 heteroatoms. The number of carboxylic acids is 1. The molecule has 0 saturated carbocycles. The Labute approximate surface area is 96.1 Å². The molecule has 0 aliphatic heterocycles. The van der Waals surface area contributed by atoms with Gasteiger partial charge in [0.05, 0.1) is 5.56 Å². The Morgan fingerprint density at radius 2 is 2.00 bits per heavy atom. The van der Waals surface area contributed by atoms with Crippen LogP contribution in [0.1, 0.15) is 15.9 Å². The van der Waals surface area contributed by atoms with Crippen molar-refractivity contribution in [3.8, 4) is 0 Å². The lowest BCUT2D eigenvalue weighted by atomic mass is 10.1. The second-order valence-corrected chi connectivity index (χ2v) is 4.89. The normalized spacial score (nSPS) is 11.5. The first kappa shape index (κ1) is 13.4. The van der Waals surface area contributed by atoms with Gasteiger partial charge in [-0.2, -0.15) is 8.78 Å². The molecule has 1 aromatic rings. The zero-order valence-corrected chi connectivity index (χ0v) is 9.46. The molecule has 0 aliphatic rings. The Morgan fingerprint density at radius 3 is 2.41 bits per heavy atom. The Balaban J connectivity index is 3.04. The van der Waals surface area contributed by atoms with Gasteiger partial charge in [0.25, 0.3) is 10.0 Å². The van der Waals surface area contributed by atoms with Crippen LogP contribution >= 0.6 is 0 Å². The first-order chi connectivity index (χ1) is 7.74. The fourth-order valence-electron chi connectivity index (χ4n) is 1.18. The standard InChI is InChI=1S/C9H9F2NO4S/c1-5-4-6(2-3-7(5)8(13)14)12-17(15,16)9(10)11/h2-4,9,12H,1H3,(H,13,14). The molecular formula is C9H9F2NO4S. The average Bonchev–Trinajstić information content (AvgIpc) is 2.15. The van der Waals surface area contributed by atoms with Crippen LogP contribution in [0.4, 0.5) is 14.5 Å². The molecule has 94 valence electrons. The second-order valence-electron chi connectivity index (χ2n) is 3.24. The number of hydrogen-bond acceptors (Lipinski definition) is 3. The molecule has 0 atom stereocenters. The maximum Gasteiger partial charge on any atom is 0.355 e. The van der Waals surface area contributed by atoms with Crippen LogP contribution in [0.15, 0.2) is 18.2 Å². The first-order valence-corrected chi connectivity index (χ1v) is 5.92. The highest BCUT2D eigenvalue weighted by Crippen LogP contribution is 2.18. The summed E-state index contributed by atoms with van der Waals surface area (Å²) in [5, 5.41) is 8.72. The number of alkyl halides is 2. The quantitative estimate of drug-likeness (QED) is 0.867. The van der Waals surface area contributed by atoms with Gasteiger partial charge in [0.2, 0.25) is 0 Å². The smallest absolute Gasteiger partial charge is 0.355 e. The van der Waals surface area contributed by atoms with E-state index in [0.29, 0.717) is 0 Å². The van der Waals surface area contributed by atoms with Gasteiger partial charge in [-0.05, 0) is 30.7 Å². The summed E-state index contributed by atoms with van der Waals surface area (Å²) < 4.78 is 47.5. The van der Waals surface area contributed by atoms with Gasteiger partial charge in [-0.25, -0.2) is 13.2 Å². The largest absolute Gasteiger partial charge is 0.478 e. The monoisotopic (exact) mass is 265 g/mol. The summed E-state index contributed by atoms with van der Waals surface area (Å²) in [6.07, 6.45) is 0. The van der Waals surface area contributed by atoms with Crippen molar-refractivity contribution >= 4 is 21.7 Å². The Kier molecular flexibility index (Phi) is 3.66. The highest BCUT2D eigenvalue weighted by atomic mass is 32.2. The van der Waals surface area contributed by atoms with Gasteiger partial charge < -0.3 is 5.11 Å². The van der Waals surface area contributed by atoms with Crippen molar-refractivity contribution in [2.45, 2.75) is 12.7 Å². The molecule has 0 amide bonds. The molecule has 0 fully saturated rings. The van der Waals surface area contributed by atoms with Crippen LogP contribution in [0.5, 0.6) is 0 Å². The van der Waals surface area contributed by atoms with E-state index in [4.69, 9.17) is 5.11 Å². The number of anilines is 1. The average molecular weight is 265 g/mol. The number of carboxylic acid groups (broad SMARTS) is 1. The van der Waals surface area contributed by atoms with Gasteiger partial charge in [-0.1, -0.05) is 0 Å². The van der Waals surface area contributed by atoms with Crippen LogP contribution in [0.25, 0.3) is 0 Å². The number of sulfonamides is 1. The molecule has 0 saturated heterocycles. The minimum Gasteiger partial charge on any atom is -0.478 e. The van der Waals surface area contributed by atoms with Crippen molar-refractivity contribution in [2.24, 2.45) is 0 Å². The van der Waals surface area contributed by atoms with Crippen molar-refractivity contribution in [3.05, 3.63) is 29.3 Å². The van der Waals surface area contributed by atoms with Gasteiger partial charge in [0, 0.05) is 5.69 Å². The van der Waals surface area contributed by atoms with Crippen LogP contribution < -0.4 is 4.72 Å². The predicted molar refractivity (Wildman–Crippen MR) is 56.7 cm³/mol. The Morgan fingerprint density at radius 1 is 1.41 bits per heavy atom. The zero-order valence-electron chi connectivity index (χ0n) is 8.65. The fraction of sp³-hybridized carbons (Fsp3) is 0.222. The summed E-state index contributed by atoms with van der Waals surface area (Å²) in [4.78, 5) is 10.7. The minimum atomic E-state index is -4.73. The maximum absolute atomic E-state index is 12.1. The van der Waals surface area contributed by atoms with Gasteiger partial charge >= 0.3 is 11.7 Å². The van der Waals surface area contributed by atoms with Crippen LogP contribution in [0.2, 0.25) is 0 Å². The van der Waals surface area contributed by atoms with Gasteiger partial charge in [-0.15, -0.1) is 0 Å². The second kappa shape index (κ2) is 4.66. The third-order valence-corrected chi connectivity index (χ3v) is 2.94. The molecule has 1 rings (SSSR count).